The maximum absolute atomic E-state index is 13.3. The van der Waals surface area contributed by atoms with Crippen LogP contribution >= 0.6 is 15.9 Å². The van der Waals surface area contributed by atoms with E-state index in [4.69, 9.17) is 5.73 Å². The second-order valence-electron chi connectivity index (χ2n) is 4.13. The fourth-order valence-electron chi connectivity index (χ4n) is 1.88. The maximum Gasteiger partial charge on any atom is 0.260 e. The van der Waals surface area contributed by atoms with Crippen LogP contribution < -0.4 is 5.73 Å². The Morgan fingerprint density at radius 3 is 2.47 bits per heavy atom. The fourth-order valence-corrected chi connectivity index (χ4v) is 2.26. The molecule has 1 fully saturated rings. The molecule has 0 bridgehead atoms. The van der Waals surface area contributed by atoms with Gasteiger partial charge in [0, 0.05) is 17.4 Å². The summed E-state index contributed by atoms with van der Waals surface area (Å²) in [5, 5.41) is 0. The predicted molar refractivity (Wildman–Crippen MR) is 59.2 cm³/mol. The van der Waals surface area contributed by atoms with Crippen LogP contribution in [0.5, 0.6) is 0 Å². The molecule has 0 aromatic heterocycles. The molecule has 1 aliphatic carbocycles. The molecule has 82 valence electrons. The standard InChI is InChI=1S/C11H12BrF2N/c1-7-2-3-8(4-9(7)12)10(6-15)5-11(10,13)14/h2-4H,5-6,15H2,1H3. The molecule has 0 heterocycles. The first-order chi connectivity index (χ1) is 6.93. The third-order valence-electron chi connectivity index (χ3n) is 3.17. The molecule has 0 spiro atoms. The molecule has 0 aliphatic heterocycles. The Labute approximate surface area is 95.8 Å². The van der Waals surface area contributed by atoms with E-state index in [1.807, 2.05) is 13.0 Å². The third-order valence-corrected chi connectivity index (χ3v) is 4.03. The van der Waals surface area contributed by atoms with E-state index in [2.05, 4.69) is 15.9 Å². The van der Waals surface area contributed by atoms with E-state index in [9.17, 15) is 8.78 Å². The van der Waals surface area contributed by atoms with Crippen LogP contribution in [0.25, 0.3) is 0 Å². The van der Waals surface area contributed by atoms with Gasteiger partial charge in [-0.05, 0) is 24.1 Å². The highest BCUT2D eigenvalue weighted by molar-refractivity contribution is 9.10. The van der Waals surface area contributed by atoms with Crippen LogP contribution in [0.4, 0.5) is 8.78 Å². The van der Waals surface area contributed by atoms with Crippen molar-refractivity contribution in [1.29, 1.82) is 0 Å². The lowest BCUT2D eigenvalue weighted by Crippen LogP contribution is -2.26. The summed E-state index contributed by atoms with van der Waals surface area (Å²) in [6.07, 6.45) is -0.133. The van der Waals surface area contributed by atoms with Crippen LogP contribution in [-0.2, 0) is 5.41 Å². The van der Waals surface area contributed by atoms with E-state index in [0.717, 1.165) is 10.0 Å². The highest BCUT2D eigenvalue weighted by Gasteiger charge is 2.71. The summed E-state index contributed by atoms with van der Waals surface area (Å²) in [7, 11) is 0. The first kappa shape index (κ1) is 11.0. The van der Waals surface area contributed by atoms with Gasteiger partial charge >= 0.3 is 0 Å². The number of aryl methyl sites for hydroxylation is 1. The Morgan fingerprint density at radius 2 is 2.07 bits per heavy atom. The number of hydrogen-bond donors (Lipinski definition) is 1. The van der Waals surface area contributed by atoms with Crippen LogP contribution in [0.2, 0.25) is 0 Å². The van der Waals surface area contributed by atoms with Gasteiger partial charge in [-0.2, -0.15) is 0 Å². The third kappa shape index (κ3) is 1.51. The van der Waals surface area contributed by atoms with Crippen molar-refractivity contribution in [1.82, 2.24) is 0 Å². The SMILES string of the molecule is Cc1ccc(C2(CN)CC2(F)F)cc1Br. The van der Waals surface area contributed by atoms with E-state index >= 15 is 0 Å². The van der Waals surface area contributed by atoms with Crippen LogP contribution in [0, 0.1) is 6.92 Å². The van der Waals surface area contributed by atoms with E-state index in [1.54, 1.807) is 12.1 Å². The molecule has 1 aromatic carbocycles. The van der Waals surface area contributed by atoms with Gasteiger partial charge in [0.15, 0.2) is 0 Å². The van der Waals surface area contributed by atoms with E-state index in [-0.39, 0.29) is 13.0 Å². The molecule has 1 atom stereocenters. The smallest absolute Gasteiger partial charge is 0.260 e. The molecule has 2 N–H and O–H groups in total. The number of rotatable bonds is 2. The van der Waals surface area contributed by atoms with Crippen molar-refractivity contribution in [3.05, 3.63) is 33.8 Å². The van der Waals surface area contributed by atoms with Crippen molar-refractivity contribution in [2.24, 2.45) is 5.73 Å². The predicted octanol–water partition coefficient (Wildman–Crippen LogP) is 2.99. The summed E-state index contributed by atoms with van der Waals surface area (Å²) in [5.74, 6) is -2.64. The molecular weight excluding hydrogens is 264 g/mol. The summed E-state index contributed by atoms with van der Waals surface area (Å²) in [4.78, 5) is 0. The number of alkyl halides is 2. The first-order valence-electron chi connectivity index (χ1n) is 4.77. The monoisotopic (exact) mass is 275 g/mol. The second kappa shape index (κ2) is 3.25. The summed E-state index contributed by atoms with van der Waals surface area (Å²) in [6.45, 7) is 1.92. The van der Waals surface area contributed by atoms with Gasteiger partial charge in [0.05, 0.1) is 5.41 Å². The van der Waals surface area contributed by atoms with Gasteiger partial charge in [-0.3, -0.25) is 0 Å². The van der Waals surface area contributed by atoms with Gasteiger partial charge in [0.1, 0.15) is 0 Å². The second-order valence-corrected chi connectivity index (χ2v) is 4.99. The zero-order valence-electron chi connectivity index (χ0n) is 8.36. The largest absolute Gasteiger partial charge is 0.329 e. The zero-order chi connectivity index (χ0) is 11.3. The Kier molecular flexibility index (Phi) is 2.39. The van der Waals surface area contributed by atoms with E-state index in [0.29, 0.717) is 5.56 Å². The van der Waals surface area contributed by atoms with Crippen LogP contribution in [0.3, 0.4) is 0 Å². The average Bonchev–Trinajstić information content (AvgIpc) is 2.75. The highest BCUT2D eigenvalue weighted by Crippen LogP contribution is 2.61. The minimum atomic E-state index is -2.64. The Bertz CT molecular complexity index is 406. The Hall–Kier alpha value is -0.480. The molecule has 1 nitrogen and oxygen atoms in total. The minimum Gasteiger partial charge on any atom is -0.329 e. The zero-order valence-corrected chi connectivity index (χ0v) is 9.94. The molecule has 2 rings (SSSR count). The lowest BCUT2D eigenvalue weighted by atomic mass is 9.94. The minimum absolute atomic E-state index is 0.00446. The summed E-state index contributed by atoms with van der Waals surface area (Å²) in [6, 6.07) is 5.34. The molecule has 0 radical (unpaired) electrons. The molecule has 1 aliphatic rings. The van der Waals surface area contributed by atoms with Crippen molar-refractivity contribution in [3.63, 3.8) is 0 Å². The maximum atomic E-state index is 13.3. The molecule has 1 unspecified atom stereocenters. The lowest BCUT2D eigenvalue weighted by Gasteiger charge is -2.15. The number of benzene rings is 1. The number of hydrogen-bond acceptors (Lipinski definition) is 1. The van der Waals surface area contributed by atoms with Crippen molar-refractivity contribution in [2.75, 3.05) is 6.54 Å². The molecule has 0 saturated heterocycles. The quantitative estimate of drug-likeness (QED) is 0.882. The average molecular weight is 276 g/mol. The normalized spacial score (nSPS) is 27.8. The lowest BCUT2D eigenvalue weighted by molar-refractivity contribution is 0.0896. The first-order valence-corrected chi connectivity index (χ1v) is 5.57. The van der Waals surface area contributed by atoms with Gasteiger partial charge in [0.25, 0.3) is 5.92 Å². The topological polar surface area (TPSA) is 26.0 Å². The van der Waals surface area contributed by atoms with Crippen molar-refractivity contribution in [3.8, 4) is 0 Å². The Morgan fingerprint density at radius 1 is 1.47 bits per heavy atom. The Balaban J connectivity index is 2.42. The molecule has 4 heteroatoms. The fraction of sp³-hybridized carbons (Fsp3) is 0.455. The molecule has 15 heavy (non-hydrogen) atoms. The van der Waals surface area contributed by atoms with Crippen LogP contribution in [-0.4, -0.2) is 12.5 Å². The summed E-state index contributed by atoms with van der Waals surface area (Å²) in [5.41, 5.74) is 6.02. The van der Waals surface area contributed by atoms with E-state index < -0.39 is 11.3 Å². The van der Waals surface area contributed by atoms with Crippen LogP contribution in [0.15, 0.2) is 22.7 Å². The van der Waals surface area contributed by atoms with Gasteiger partial charge in [-0.15, -0.1) is 0 Å². The van der Waals surface area contributed by atoms with Gasteiger partial charge in [-0.25, -0.2) is 8.78 Å². The molecule has 1 aromatic rings. The molecule has 0 amide bonds. The van der Waals surface area contributed by atoms with Crippen molar-refractivity contribution in [2.45, 2.75) is 24.7 Å². The van der Waals surface area contributed by atoms with Gasteiger partial charge in [0.2, 0.25) is 0 Å². The van der Waals surface area contributed by atoms with Crippen molar-refractivity contribution < 1.29 is 8.78 Å². The summed E-state index contributed by atoms with van der Waals surface area (Å²) < 4.78 is 27.4. The molecular formula is C11H12BrF2N. The van der Waals surface area contributed by atoms with Gasteiger partial charge in [-0.1, -0.05) is 28.1 Å². The van der Waals surface area contributed by atoms with Crippen molar-refractivity contribution >= 4 is 15.9 Å². The number of halogens is 3. The number of nitrogens with two attached hydrogens (primary N) is 1. The summed E-state index contributed by atoms with van der Waals surface area (Å²) >= 11 is 3.35. The highest BCUT2D eigenvalue weighted by atomic mass is 79.9. The van der Waals surface area contributed by atoms with Crippen LogP contribution in [0.1, 0.15) is 17.5 Å². The van der Waals surface area contributed by atoms with Gasteiger partial charge < -0.3 is 5.73 Å². The van der Waals surface area contributed by atoms with E-state index in [1.165, 1.54) is 0 Å². The molecule has 1 saturated carbocycles.